The van der Waals surface area contributed by atoms with Crippen LogP contribution in [0.4, 0.5) is 5.69 Å². The van der Waals surface area contributed by atoms with Crippen molar-refractivity contribution in [2.24, 2.45) is 7.05 Å². The highest BCUT2D eigenvalue weighted by Gasteiger charge is 2.18. The molecule has 21 heavy (non-hydrogen) atoms. The predicted octanol–water partition coefficient (Wildman–Crippen LogP) is 2.38. The quantitative estimate of drug-likeness (QED) is 0.518. The molecule has 2 aromatic rings. The number of hydrogen-bond donors (Lipinski definition) is 1. The van der Waals surface area contributed by atoms with Gasteiger partial charge in [0.25, 0.3) is 5.69 Å². The van der Waals surface area contributed by atoms with Crippen LogP contribution in [0.15, 0.2) is 23.4 Å². The number of benzene rings is 1. The Morgan fingerprint density at radius 3 is 2.76 bits per heavy atom. The van der Waals surface area contributed by atoms with Gasteiger partial charge in [-0.2, -0.15) is 0 Å². The number of non-ortho nitro benzene ring substituents is 1. The van der Waals surface area contributed by atoms with E-state index in [1.165, 1.54) is 17.8 Å². The molecule has 0 amide bonds. The number of aliphatic hydroxyl groups is 1. The number of rotatable bonds is 5. The van der Waals surface area contributed by atoms with Crippen molar-refractivity contribution >= 4 is 17.4 Å². The SMILES string of the molecule is Cc1ccc([N+](=O)[O-])cc1C(C)Sc1nnc(CO)n1C. The number of nitro benzene ring substituents is 1. The van der Waals surface area contributed by atoms with Gasteiger partial charge in [-0.05, 0) is 25.0 Å². The molecule has 0 spiro atoms. The van der Waals surface area contributed by atoms with Gasteiger partial charge in [0.15, 0.2) is 11.0 Å². The van der Waals surface area contributed by atoms with E-state index >= 15 is 0 Å². The topological polar surface area (TPSA) is 94.1 Å². The first-order valence-corrected chi connectivity index (χ1v) is 7.22. The summed E-state index contributed by atoms with van der Waals surface area (Å²) in [6.45, 7) is 3.71. The summed E-state index contributed by atoms with van der Waals surface area (Å²) in [5, 5.41) is 28.6. The van der Waals surface area contributed by atoms with Crippen LogP contribution < -0.4 is 0 Å². The van der Waals surface area contributed by atoms with Crippen LogP contribution >= 0.6 is 11.8 Å². The Bertz CT molecular complexity index is 671. The van der Waals surface area contributed by atoms with E-state index in [0.717, 1.165) is 11.1 Å². The van der Waals surface area contributed by atoms with Crippen LogP contribution in [0.1, 0.15) is 29.1 Å². The predicted molar refractivity (Wildman–Crippen MR) is 79.0 cm³/mol. The van der Waals surface area contributed by atoms with E-state index in [1.807, 2.05) is 13.8 Å². The first-order valence-electron chi connectivity index (χ1n) is 6.34. The fourth-order valence-electron chi connectivity index (χ4n) is 1.99. The molecule has 0 radical (unpaired) electrons. The van der Waals surface area contributed by atoms with Gasteiger partial charge in [-0.3, -0.25) is 10.1 Å². The molecule has 1 aromatic carbocycles. The summed E-state index contributed by atoms with van der Waals surface area (Å²) < 4.78 is 1.72. The fraction of sp³-hybridized carbons (Fsp3) is 0.385. The molecule has 1 N–H and O–H groups in total. The summed E-state index contributed by atoms with van der Waals surface area (Å²) in [5.74, 6) is 0.487. The average molecular weight is 308 g/mol. The Morgan fingerprint density at radius 1 is 1.48 bits per heavy atom. The van der Waals surface area contributed by atoms with Crippen molar-refractivity contribution in [1.82, 2.24) is 14.8 Å². The zero-order valence-corrected chi connectivity index (χ0v) is 12.8. The average Bonchev–Trinajstić information content (AvgIpc) is 2.79. The fourth-order valence-corrected chi connectivity index (χ4v) is 3.03. The van der Waals surface area contributed by atoms with Gasteiger partial charge in [-0.15, -0.1) is 10.2 Å². The van der Waals surface area contributed by atoms with E-state index in [4.69, 9.17) is 5.11 Å². The maximum absolute atomic E-state index is 10.9. The Morgan fingerprint density at radius 2 is 2.19 bits per heavy atom. The van der Waals surface area contributed by atoms with Crippen LogP contribution in [-0.4, -0.2) is 24.8 Å². The second-order valence-corrected chi connectivity index (χ2v) is 5.98. The molecule has 2 rings (SSSR count). The summed E-state index contributed by atoms with van der Waals surface area (Å²) >= 11 is 1.45. The Hall–Kier alpha value is -1.93. The van der Waals surface area contributed by atoms with Crippen molar-refractivity contribution in [3.8, 4) is 0 Å². The van der Waals surface area contributed by atoms with Crippen LogP contribution in [0.25, 0.3) is 0 Å². The third-order valence-electron chi connectivity index (χ3n) is 3.26. The van der Waals surface area contributed by atoms with Crippen molar-refractivity contribution in [2.75, 3.05) is 0 Å². The number of aliphatic hydroxyl groups excluding tert-OH is 1. The normalized spacial score (nSPS) is 12.4. The third kappa shape index (κ3) is 3.22. The monoisotopic (exact) mass is 308 g/mol. The molecule has 0 aliphatic rings. The molecular formula is C13H16N4O3S. The van der Waals surface area contributed by atoms with Gasteiger partial charge < -0.3 is 9.67 Å². The minimum Gasteiger partial charge on any atom is -0.388 e. The summed E-state index contributed by atoms with van der Waals surface area (Å²) in [5.41, 5.74) is 1.96. The number of nitrogens with zero attached hydrogens (tertiary/aromatic N) is 4. The summed E-state index contributed by atoms with van der Waals surface area (Å²) in [6.07, 6.45) is 0. The Labute approximate surface area is 126 Å². The number of aromatic nitrogens is 3. The molecular weight excluding hydrogens is 292 g/mol. The number of thioether (sulfide) groups is 1. The van der Waals surface area contributed by atoms with Crippen molar-refractivity contribution in [3.05, 3.63) is 45.3 Å². The van der Waals surface area contributed by atoms with Crippen molar-refractivity contribution in [3.63, 3.8) is 0 Å². The maximum Gasteiger partial charge on any atom is 0.269 e. The molecule has 7 nitrogen and oxygen atoms in total. The molecule has 1 atom stereocenters. The van der Waals surface area contributed by atoms with E-state index in [-0.39, 0.29) is 17.5 Å². The van der Waals surface area contributed by atoms with Gasteiger partial charge in [0, 0.05) is 24.4 Å². The number of nitro groups is 1. The number of aryl methyl sites for hydroxylation is 1. The zero-order valence-electron chi connectivity index (χ0n) is 12.0. The molecule has 0 bridgehead atoms. The van der Waals surface area contributed by atoms with Gasteiger partial charge in [-0.25, -0.2) is 0 Å². The lowest BCUT2D eigenvalue weighted by Crippen LogP contribution is -2.01. The van der Waals surface area contributed by atoms with E-state index in [9.17, 15) is 10.1 Å². The van der Waals surface area contributed by atoms with Crippen LogP contribution in [-0.2, 0) is 13.7 Å². The Balaban J connectivity index is 2.27. The second-order valence-electron chi connectivity index (χ2n) is 4.67. The summed E-state index contributed by atoms with van der Waals surface area (Å²) in [4.78, 5) is 10.5. The minimum absolute atomic E-state index is 0.0145. The van der Waals surface area contributed by atoms with E-state index in [2.05, 4.69) is 10.2 Å². The first-order chi connectivity index (χ1) is 9.93. The maximum atomic E-state index is 10.9. The van der Waals surface area contributed by atoms with Crippen molar-refractivity contribution in [1.29, 1.82) is 0 Å². The van der Waals surface area contributed by atoms with Crippen LogP contribution in [0.2, 0.25) is 0 Å². The van der Waals surface area contributed by atoms with Crippen LogP contribution in [0.5, 0.6) is 0 Å². The molecule has 0 aliphatic heterocycles. The van der Waals surface area contributed by atoms with Crippen molar-refractivity contribution < 1.29 is 10.0 Å². The zero-order chi connectivity index (χ0) is 15.6. The minimum atomic E-state index is -0.396. The molecule has 8 heteroatoms. The van der Waals surface area contributed by atoms with Crippen LogP contribution in [0, 0.1) is 17.0 Å². The molecule has 0 saturated heterocycles. The molecule has 112 valence electrons. The van der Waals surface area contributed by atoms with Gasteiger partial charge in [0.05, 0.1) is 4.92 Å². The van der Waals surface area contributed by atoms with E-state index in [1.54, 1.807) is 23.7 Å². The van der Waals surface area contributed by atoms with Gasteiger partial charge >= 0.3 is 0 Å². The molecule has 0 aliphatic carbocycles. The van der Waals surface area contributed by atoms with Gasteiger partial charge in [0.1, 0.15) is 6.61 Å². The largest absolute Gasteiger partial charge is 0.388 e. The summed E-state index contributed by atoms with van der Waals surface area (Å²) in [7, 11) is 1.78. The first kappa shape index (κ1) is 15.5. The van der Waals surface area contributed by atoms with Gasteiger partial charge in [-0.1, -0.05) is 17.8 Å². The molecule has 1 aromatic heterocycles. The highest BCUT2D eigenvalue weighted by Crippen LogP contribution is 2.36. The molecule has 0 fully saturated rings. The van der Waals surface area contributed by atoms with E-state index in [0.29, 0.717) is 11.0 Å². The van der Waals surface area contributed by atoms with Crippen LogP contribution in [0.3, 0.4) is 0 Å². The highest BCUT2D eigenvalue weighted by molar-refractivity contribution is 7.99. The standard InChI is InChI=1S/C13H16N4O3S/c1-8-4-5-10(17(19)20)6-11(8)9(2)21-13-15-14-12(7-18)16(13)3/h4-6,9,18H,7H2,1-3H3. The highest BCUT2D eigenvalue weighted by atomic mass is 32.2. The van der Waals surface area contributed by atoms with Gasteiger partial charge in [0.2, 0.25) is 0 Å². The molecule has 1 unspecified atom stereocenters. The lowest BCUT2D eigenvalue weighted by Gasteiger charge is -2.13. The lowest BCUT2D eigenvalue weighted by atomic mass is 10.1. The number of hydrogen-bond acceptors (Lipinski definition) is 6. The van der Waals surface area contributed by atoms with Crippen molar-refractivity contribution in [2.45, 2.75) is 30.9 Å². The summed E-state index contributed by atoms with van der Waals surface area (Å²) in [6, 6.07) is 4.85. The van der Waals surface area contributed by atoms with E-state index < -0.39 is 4.92 Å². The smallest absolute Gasteiger partial charge is 0.269 e. The molecule has 0 saturated carbocycles. The Kier molecular flexibility index (Phi) is 4.59. The third-order valence-corrected chi connectivity index (χ3v) is 4.43. The molecule has 1 heterocycles. The lowest BCUT2D eigenvalue weighted by molar-refractivity contribution is -0.384. The second kappa shape index (κ2) is 6.23.